The quantitative estimate of drug-likeness (QED) is 0.468. The van der Waals surface area contributed by atoms with Crippen LogP contribution in [0.3, 0.4) is 0 Å². The molecule has 0 saturated carbocycles. The Morgan fingerprint density at radius 2 is 1.95 bits per heavy atom. The van der Waals surface area contributed by atoms with Crippen LogP contribution in [-0.2, 0) is 11.2 Å². The molecule has 0 fully saturated rings. The summed E-state index contributed by atoms with van der Waals surface area (Å²) >= 11 is 0. The summed E-state index contributed by atoms with van der Waals surface area (Å²) in [7, 11) is 1.53. The van der Waals surface area contributed by atoms with Crippen LogP contribution in [0.5, 0.6) is 5.88 Å². The highest BCUT2D eigenvalue weighted by Crippen LogP contribution is 2.33. The van der Waals surface area contributed by atoms with Gasteiger partial charge in [0, 0.05) is 19.1 Å². The van der Waals surface area contributed by atoms with E-state index in [1.165, 1.54) is 7.11 Å². The average molecular weight is 298 g/mol. The lowest BCUT2D eigenvalue weighted by Crippen LogP contribution is -2.28. The van der Waals surface area contributed by atoms with Crippen molar-refractivity contribution >= 4 is 11.5 Å². The molecule has 0 spiro atoms. The van der Waals surface area contributed by atoms with Crippen LogP contribution in [-0.4, -0.2) is 40.8 Å². The third-order valence-electron chi connectivity index (χ3n) is 2.42. The zero-order valence-corrected chi connectivity index (χ0v) is 13.1. The highest BCUT2D eigenvalue weighted by atomic mass is 16.6. The molecule has 8 nitrogen and oxygen atoms in total. The topological polar surface area (TPSA) is 99.4 Å². The van der Waals surface area contributed by atoms with Gasteiger partial charge in [-0.05, 0) is 20.8 Å². The first-order valence-corrected chi connectivity index (χ1v) is 6.73. The first-order chi connectivity index (χ1) is 9.78. The van der Waals surface area contributed by atoms with Crippen LogP contribution in [0.4, 0.5) is 11.5 Å². The maximum Gasteiger partial charge on any atom is 0.372 e. The maximum atomic E-state index is 11.3. The summed E-state index contributed by atoms with van der Waals surface area (Å²) in [6, 6.07) is 0. The van der Waals surface area contributed by atoms with Gasteiger partial charge in [0.2, 0.25) is 5.82 Å². The van der Waals surface area contributed by atoms with Crippen LogP contribution in [0.1, 0.15) is 33.5 Å². The van der Waals surface area contributed by atoms with Gasteiger partial charge in [0.1, 0.15) is 12.4 Å². The molecule has 0 aliphatic heterocycles. The van der Waals surface area contributed by atoms with E-state index in [9.17, 15) is 10.1 Å². The molecule has 0 aliphatic rings. The molecular formula is C13H22N4O4. The second-order valence-corrected chi connectivity index (χ2v) is 5.47. The standard InChI is InChI=1S/C13H22N4O4/c1-6-9-14-11(16-13(2,3)4)10(17(18)19)12(15-9)21-8-7-20-5/h6-8H2,1-5H3,(H,14,15,16). The Morgan fingerprint density at radius 1 is 1.29 bits per heavy atom. The number of rotatable bonds is 7. The highest BCUT2D eigenvalue weighted by molar-refractivity contribution is 5.62. The molecule has 1 aromatic heterocycles. The predicted molar refractivity (Wildman–Crippen MR) is 78.8 cm³/mol. The molecule has 1 aromatic rings. The van der Waals surface area contributed by atoms with E-state index < -0.39 is 4.92 Å². The molecular weight excluding hydrogens is 276 g/mol. The van der Waals surface area contributed by atoms with Crippen molar-refractivity contribution in [1.29, 1.82) is 0 Å². The number of aromatic nitrogens is 2. The van der Waals surface area contributed by atoms with Crippen molar-refractivity contribution in [2.45, 2.75) is 39.7 Å². The van der Waals surface area contributed by atoms with Crippen LogP contribution in [0.25, 0.3) is 0 Å². The Hall–Kier alpha value is -1.96. The summed E-state index contributed by atoms with van der Waals surface area (Å²) in [5.74, 6) is 0.627. The minimum atomic E-state index is -0.532. The third kappa shape index (κ3) is 5.14. The summed E-state index contributed by atoms with van der Waals surface area (Å²) in [5, 5.41) is 14.4. The van der Waals surface area contributed by atoms with Crippen LogP contribution < -0.4 is 10.1 Å². The number of nitro groups is 1. The normalized spacial score (nSPS) is 11.3. The smallest absolute Gasteiger partial charge is 0.372 e. The van der Waals surface area contributed by atoms with Crippen molar-refractivity contribution in [1.82, 2.24) is 9.97 Å². The Labute approximate surface area is 124 Å². The van der Waals surface area contributed by atoms with Gasteiger partial charge in [-0.3, -0.25) is 10.1 Å². The van der Waals surface area contributed by atoms with Gasteiger partial charge >= 0.3 is 5.69 Å². The zero-order chi connectivity index (χ0) is 16.0. The van der Waals surface area contributed by atoms with Gasteiger partial charge in [-0.25, -0.2) is 4.98 Å². The molecule has 0 amide bonds. The Kier molecular flexibility index (Phi) is 5.83. The average Bonchev–Trinajstić information content (AvgIpc) is 2.36. The van der Waals surface area contributed by atoms with Gasteiger partial charge in [0.05, 0.1) is 11.5 Å². The van der Waals surface area contributed by atoms with Crippen LogP contribution in [0.15, 0.2) is 0 Å². The van der Waals surface area contributed by atoms with Gasteiger partial charge in [-0.2, -0.15) is 4.98 Å². The summed E-state index contributed by atoms with van der Waals surface area (Å²) in [6.45, 7) is 8.08. The molecule has 0 aliphatic carbocycles. The number of anilines is 1. The molecule has 0 bridgehead atoms. The third-order valence-corrected chi connectivity index (χ3v) is 2.42. The fourth-order valence-corrected chi connectivity index (χ4v) is 1.57. The van der Waals surface area contributed by atoms with Crippen molar-refractivity contribution in [3.63, 3.8) is 0 Å². The minimum absolute atomic E-state index is 0.0318. The second kappa shape index (κ2) is 7.16. The monoisotopic (exact) mass is 298 g/mol. The molecule has 21 heavy (non-hydrogen) atoms. The summed E-state index contributed by atoms with van der Waals surface area (Å²) < 4.78 is 10.3. The molecule has 0 atom stereocenters. The summed E-state index contributed by atoms with van der Waals surface area (Å²) in [5.41, 5.74) is -0.619. The van der Waals surface area contributed by atoms with Crippen LogP contribution in [0, 0.1) is 10.1 Å². The highest BCUT2D eigenvalue weighted by Gasteiger charge is 2.28. The van der Waals surface area contributed by atoms with E-state index >= 15 is 0 Å². The number of nitrogens with one attached hydrogen (secondary N) is 1. The zero-order valence-electron chi connectivity index (χ0n) is 13.1. The number of nitrogens with zero attached hydrogens (tertiary/aromatic N) is 3. The van der Waals surface area contributed by atoms with E-state index in [4.69, 9.17) is 9.47 Å². The van der Waals surface area contributed by atoms with E-state index in [1.807, 2.05) is 27.7 Å². The van der Waals surface area contributed by atoms with Gasteiger partial charge in [-0.15, -0.1) is 0 Å². The van der Waals surface area contributed by atoms with Gasteiger partial charge in [0.25, 0.3) is 5.88 Å². The molecule has 0 unspecified atom stereocenters. The Balaban J connectivity index is 3.25. The van der Waals surface area contributed by atoms with E-state index in [0.717, 1.165) is 0 Å². The molecule has 0 aromatic carbocycles. The van der Waals surface area contributed by atoms with Crippen molar-refractivity contribution in [3.8, 4) is 5.88 Å². The van der Waals surface area contributed by atoms with E-state index in [-0.39, 0.29) is 29.5 Å². The van der Waals surface area contributed by atoms with Gasteiger partial charge in [0.15, 0.2) is 0 Å². The fraction of sp³-hybridized carbons (Fsp3) is 0.692. The van der Waals surface area contributed by atoms with Crippen molar-refractivity contribution < 1.29 is 14.4 Å². The first kappa shape index (κ1) is 17.1. The van der Waals surface area contributed by atoms with E-state index in [1.54, 1.807) is 0 Å². The molecule has 1 rings (SSSR count). The summed E-state index contributed by atoms with van der Waals surface area (Å²) in [6.07, 6.45) is 0.553. The van der Waals surface area contributed by atoms with Crippen molar-refractivity contribution in [3.05, 3.63) is 15.9 Å². The molecule has 1 heterocycles. The van der Waals surface area contributed by atoms with Crippen LogP contribution in [0.2, 0.25) is 0 Å². The molecule has 0 saturated heterocycles. The number of methoxy groups -OCH3 is 1. The SMILES string of the molecule is CCc1nc(NC(C)(C)C)c([N+](=O)[O-])c(OCCOC)n1. The number of ether oxygens (including phenoxy) is 2. The van der Waals surface area contributed by atoms with Crippen molar-refractivity contribution in [2.75, 3.05) is 25.6 Å². The van der Waals surface area contributed by atoms with Gasteiger partial charge < -0.3 is 14.8 Å². The van der Waals surface area contributed by atoms with E-state index in [0.29, 0.717) is 18.9 Å². The molecule has 8 heteroatoms. The number of hydrogen-bond donors (Lipinski definition) is 1. The minimum Gasteiger partial charge on any atom is -0.470 e. The molecule has 1 N–H and O–H groups in total. The lowest BCUT2D eigenvalue weighted by molar-refractivity contribution is -0.385. The van der Waals surface area contributed by atoms with Gasteiger partial charge in [-0.1, -0.05) is 6.92 Å². The Morgan fingerprint density at radius 3 is 2.43 bits per heavy atom. The fourth-order valence-electron chi connectivity index (χ4n) is 1.57. The second-order valence-electron chi connectivity index (χ2n) is 5.47. The predicted octanol–water partition coefficient (Wildman–Crippen LogP) is 2.18. The van der Waals surface area contributed by atoms with Crippen LogP contribution >= 0.6 is 0 Å². The van der Waals surface area contributed by atoms with Crippen molar-refractivity contribution in [2.24, 2.45) is 0 Å². The number of aryl methyl sites for hydroxylation is 1. The lowest BCUT2D eigenvalue weighted by Gasteiger charge is -2.21. The Bertz CT molecular complexity index is 500. The molecule has 118 valence electrons. The molecule has 0 radical (unpaired) electrons. The largest absolute Gasteiger partial charge is 0.470 e. The number of hydrogen-bond acceptors (Lipinski definition) is 7. The first-order valence-electron chi connectivity index (χ1n) is 6.73. The van der Waals surface area contributed by atoms with E-state index in [2.05, 4.69) is 15.3 Å². The summed E-state index contributed by atoms with van der Waals surface area (Å²) in [4.78, 5) is 19.1. The lowest BCUT2D eigenvalue weighted by atomic mass is 10.1. The maximum absolute atomic E-state index is 11.3.